The van der Waals surface area contributed by atoms with Crippen LogP contribution >= 0.6 is 0 Å². The number of aromatic nitrogens is 4. The second-order valence-corrected chi connectivity index (χ2v) is 6.56. The van der Waals surface area contributed by atoms with Crippen LogP contribution in [-0.4, -0.2) is 37.6 Å². The molecule has 0 aliphatic carbocycles. The summed E-state index contributed by atoms with van der Waals surface area (Å²) in [5.41, 5.74) is 1.53. The molecule has 3 N–H and O–H groups in total. The predicted molar refractivity (Wildman–Crippen MR) is 102 cm³/mol. The van der Waals surface area contributed by atoms with Crippen LogP contribution in [0.15, 0.2) is 36.7 Å². The van der Waals surface area contributed by atoms with Gasteiger partial charge in [0.2, 0.25) is 0 Å². The number of Topliss-reactive ketones (excluding diaryl/α,β-unsaturated/α-hetero) is 1. The van der Waals surface area contributed by atoms with E-state index < -0.39 is 23.6 Å². The molecule has 0 bridgehead atoms. The number of hydrogen-bond acceptors (Lipinski definition) is 5. The quantitative estimate of drug-likeness (QED) is 0.432. The predicted octanol–water partition coefficient (Wildman–Crippen LogP) is 1.90. The SMILES string of the molecule is Cc1cc(NC(=O)c2cc(C(=O)C(=O)NC(C)c3cn[nH]n3)cn2C)ccc1F. The number of hydrogen-bond donors (Lipinski definition) is 3. The zero-order chi connectivity index (χ0) is 21.1. The van der Waals surface area contributed by atoms with Crippen molar-refractivity contribution in [2.75, 3.05) is 5.32 Å². The molecule has 3 aromatic rings. The monoisotopic (exact) mass is 398 g/mol. The Bertz CT molecular complexity index is 1070. The van der Waals surface area contributed by atoms with Gasteiger partial charge in [-0.15, -0.1) is 0 Å². The molecule has 0 saturated carbocycles. The van der Waals surface area contributed by atoms with Crippen molar-refractivity contribution in [1.82, 2.24) is 25.3 Å². The van der Waals surface area contributed by atoms with Crippen molar-refractivity contribution < 1.29 is 18.8 Å². The summed E-state index contributed by atoms with van der Waals surface area (Å²) in [6.07, 6.45) is 2.84. The van der Waals surface area contributed by atoms with Crippen molar-refractivity contribution in [2.24, 2.45) is 7.05 Å². The smallest absolute Gasteiger partial charge is 0.292 e. The maximum atomic E-state index is 13.4. The van der Waals surface area contributed by atoms with Crippen LogP contribution in [0.2, 0.25) is 0 Å². The summed E-state index contributed by atoms with van der Waals surface area (Å²) in [4.78, 5) is 37.2. The van der Waals surface area contributed by atoms with Crippen molar-refractivity contribution in [3.05, 3.63) is 65.0 Å². The summed E-state index contributed by atoms with van der Waals surface area (Å²) < 4.78 is 14.8. The molecular formula is C19H19FN6O3. The molecule has 9 nitrogen and oxygen atoms in total. The third-order valence-electron chi connectivity index (χ3n) is 4.35. The van der Waals surface area contributed by atoms with Gasteiger partial charge in [-0.1, -0.05) is 0 Å². The van der Waals surface area contributed by atoms with E-state index in [1.54, 1.807) is 20.9 Å². The molecule has 2 heterocycles. The van der Waals surface area contributed by atoms with Crippen LogP contribution in [0.5, 0.6) is 0 Å². The normalized spacial score (nSPS) is 11.7. The summed E-state index contributed by atoms with van der Waals surface area (Å²) in [6.45, 7) is 3.25. The number of H-pyrrole nitrogens is 1. The van der Waals surface area contributed by atoms with Gasteiger partial charge < -0.3 is 15.2 Å². The highest BCUT2D eigenvalue weighted by molar-refractivity contribution is 6.43. The van der Waals surface area contributed by atoms with Gasteiger partial charge in [0.25, 0.3) is 17.6 Å². The first kappa shape index (κ1) is 19.9. The Kier molecular flexibility index (Phi) is 5.53. The number of nitrogens with zero attached hydrogens (tertiary/aromatic N) is 3. The summed E-state index contributed by atoms with van der Waals surface area (Å²) >= 11 is 0. The lowest BCUT2D eigenvalue weighted by atomic mass is 10.1. The summed E-state index contributed by atoms with van der Waals surface area (Å²) in [7, 11) is 1.58. The Morgan fingerprint density at radius 1 is 1.24 bits per heavy atom. The van der Waals surface area contributed by atoms with Crippen LogP contribution in [0.3, 0.4) is 0 Å². The molecule has 0 aliphatic rings. The highest BCUT2D eigenvalue weighted by Gasteiger charge is 2.23. The van der Waals surface area contributed by atoms with E-state index in [9.17, 15) is 18.8 Å². The maximum absolute atomic E-state index is 13.4. The molecule has 0 radical (unpaired) electrons. The van der Waals surface area contributed by atoms with Crippen LogP contribution in [0.4, 0.5) is 10.1 Å². The fraction of sp³-hybridized carbons (Fsp3) is 0.211. The van der Waals surface area contributed by atoms with Gasteiger partial charge in [-0.25, -0.2) is 4.39 Å². The number of aromatic amines is 1. The van der Waals surface area contributed by atoms with Crippen molar-refractivity contribution in [3.8, 4) is 0 Å². The third kappa shape index (κ3) is 4.37. The van der Waals surface area contributed by atoms with Crippen LogP contribution in [-0.2, 0) is 11.8 Å². The number of nitrogens with one attached hydrogen (secondary N) is 3. The molecule has 150 valence electrons. The number of rotatable bonds is 6. The third-order valence-corrected chi connectivity index (χ3v) is 4.35. The van der Waals surface area contributed by atoms with E-state index in [1.807, 2.05) is 0 Å². The van der Waals surface area contributed by atoms with E-state index in [4.69, 9.17) is 0 Å². The lowest BCUT2D eigenvalue weighted by Gasteiger charge is -2.09. The Balaban J connectivity index is 1.71. The van der Waals surface area contributed by atoms with Gasteiger partial charge >= 0.3 is 0 Å². The van der Waals surface area contributed by atoms with E-state index in [2.05, 4.69) is 26.0 Å². The number of amides is 2. The molecule has 3 rings (SSSR count). The van der Waals surface area contributed by atoms with Crippen LogP contribution < -0.4 is 10.6 Å². The van der Waals surface area contributed by atoms with Crippen LogP contribution in [0, 0.1) is 12.7 Å². The minimum atomic E-state index is -0.827. The van der Waals surface area contributed by atoms with Gasteiger partial charge in [-0.2, -0.15) is 15.4 Å². The summed E-state index contributed by atoms with van der Waals surface area (Å²) in [5, 5.41) is 15.1. The number of benzene rings is 1. The summed E-state index contributed by atoms with van der Waals surface area (Å²) in [5.74, 6) is -2.48. The average Bonchev–Trinajstić information content (AvgIpc) is 3.34. The largest absolute Gasteiger partial charge is 0.346 e. The number of aryl methyl sites for hydroxylation is 2. The molecule has 0 fully saturated rings. The Morgan fingerprint density at radius 2 is 2.00 bits per heavy atom. The van der Waals surface area contributed by atoms with E-state index in [1.165, 1.54) is 41.2 Å². The van der Waals surface area contributed by atoms with Crippen LogP contribution in [0.1, 0.15) is 45.1 Å². The highest BCUT2D eigenvalue weighted by Crippen LogP contribution is 2.16. The number of halogens is 1. The highest BCUT2D eigenvalue weighted by atomic mass is 19.1. The number of carbonyl (C=O) groups is 3. The Hall–Kier alpha value is -3.82. The minimum Gasteiger partial charge on any atom is -0.346 e. The Labute approximate surface area is 165 Å². The van der Waals surface area contributed by atoms with Gasteiger partial charge in [0.15, 0.2) is 0 Å². The fourth-order valence-corrected chi connectivity index (χ4v) is 2.72. The second-order valence-electron chi connectivity index (χ2n) is 6.56. The van der Waals surface area contributed by atoms with Gasteiger partial charge in [0.1, 0.15) is 17.2 Å². The first-order valence-corrected chi connectivity index (χ1v) is 8.71. The zero-order valence-corrected chi connectivity index (χ0v) is 16.0. The molecule has 29 heavy (non-hydrogen) atoms. The summed E-state index contributed by atoms with van der Waals surface area (Å²) in [6, 6.07) is 5.01. The molecule has 2 amide bonds. The van der Waals surface area contributed by atoms with Gasteiger partial charge in [-0.3, -0.25) is 14.4 Å². The first-order valence-electron chi connectivity index (χ1n) is 8.71. The van der Waals surface area contributed by atoms with Crippen molar-refractivity contribution in [3.63, 3.8) is 0 Å². The lowest BCUT2D eigenvalue weighted by Crippen LogP contribution is -2.33. The molecule has 0 aliphatic heterocycles. The standard InChI is InChI=1S/C19H19FN6O3/c1-10-6-13(4-5-14(10)20)23-18(28)16-7-12(9-26(16)3)17(27)19(29)22-11(2)15-8-21-25-24-15/h4-9,11H,1-3H3,(H,22,29)(H,23,28)(H,21,24,25). The topological polar surface area (TPSA) is 122 Å². The average molecular weight is 398 g/mol. The lowest BCUT2D eigenvalue weighted by molar-refractivity contribution is -0.117. The second kappa shape index (κ2) is 8.05. The molecule has 2 aromatic heterocycles. The van der Waals surface area contributed by atoms with E-state index >= 15 is 0 Å². The maximum Gasteiger partial charge on any atom is 0.292 e. The molecule has 1 aromatic carbocycles. The first-order chi connectivity index (χ1) is 13.8. The molecule has 1 unspecified atom stereocenters. The van der Waals surface area contributed by atoms with Crippen molar-refractivity contribution >= 4 is 23.3 Å². The molecular weight excluding hydrogens is 379 g/mol. The number of carbonyl (C=O) groups excluding carboxylic acids is 3. The van der Waals surface area contributed by atoms with Crippen LogP contribution in [0.25, 0.3) is 0 Å². The van der Waals surface area contributed by atoms with Crippen molar-refractivity contribution in [1.29, 1.82) is 0 Å². The molecule has 1 atom stereocenters. The number of ketones is 1. The van der Waals surface area contributed by atoms with E-state index in [0.717, 1.165) is 0 Å². The molecule has 0 spiro atoms. The van der Waals surface area contributed by atoms with E-state index in [0.29, 0.717) is 16.9 Å². The molecule has 0 saturated heterocycles. The van der Waals surface area contributed by atoms with Gasteiger partial charge in [0, 0.05) is 24.5 Å². The van der Waals surface area contributed by atoms with Gasteiger partial charge in [-0.05, 0) is 43.7 Å². The van der Waals surface area contributed by atoms with Gasteiger partial charge in [0.05, 0.1) is 12.2 Å². The van der Waals surface area contributed by atoms with E-state index in [-0.39, 0.29) is 17.1 Å². The Morgan fingerprint density at radius 3 is 2.66 bits per heavy atom. The zero-order valence-electron chi connectivity index (χ0n) is 16.0. The molecule has 10 heteroatoms. The minimum absolute atomic E-state index is 0.0674. The fourth-order valence-electron chi connectivity index (χ4n) is 2.72. The van der Waals surface area contributed by atoms with Crippen molar-refractivity contribution in [2.45, 2.75) is 19.9 Å². The number of anilines is 1.